The maximum absolute atomic E-state index is 12.4. The molecular formula is C11H16ClN3OS. The fourth-order valence-corrected chi connectivity index (χ4v) is 3.21. The lowest BCUT2D eigenvalue weighted by Crippen LogP contribution is -2.51. The molecule has 2 heterocycles. The average Bonchev–Trinajstić information content (AvgIpc) is 2.74. The Labute approximate surface area is 110 Å². The molecule has 6 heteroatoms. The van der Waals surface area contributed by atoms with E-state index in [1.165, 1.54) is 11.3 Å². The zero-order valence-electron chi connectivity index (χ0n) is 9.73. The zero-order valence-corrected chi connectivity index (χ0v) is 11.3. The van der Waals surface area contributed by atoms with E-state index in [1.54, 1.807) is 5.51 Å². The highest BCUT2D eigenvalue weighted by Crippen LogP contribution is 2.26. The molecular weight excluding hydrogens is 258 g/mol. The van der Waals surface area contributed by atoms with Gasteiger partial charge in [0.05, 0.1) is 5.51 Å². The predicted octanol–water partition coefficient (Wildman–Crippen LogP) is 2.14. The Morgan fingerprint density at radius 1 is 1.71 bits per heavy atom. The molecule has 1 aromatic rings. The van der Waals surface area contributed by atoms with Crippen LogP contribution in [0.15, 0.2) is 5.51 Å². The number of aromatic nitrogens is 1. The number of nitrogens with two attached hydrogens (primary N) is 1. The van der Waals surface area contributed by atoms with Crippen LogP contribution >= 0.6 is 22.9 Å². The number of thiazole rings is 1. The maximum atomic E-state index is 12.4. The van der Waals surface area contributed by atoms with E-state index < -0.39 is 0 Å². The van der Waals surface area contributed by atoms with Crippen molar-refractivity contribution in [2.24, 2.45) is 5.73 Å². The Morgan fingerprint density at radius 3 is 3.06 bits per heavy atom. The fourth-order valence-electron chi connectivity index (χ4n) is 2.26. The lowest BCUT2D eigenvalue weighted by atomic mass is 9.97. The van der Waals surface area contributed by atoms with Gasteiger partial charge in [0.25, 0.3) is 5.91 Å². The van der Waals surface area contributed by atoms with Crippen LogP contribution in [-0.4, -0.2) is 34.4 Å². The van der Waals surface area contributed by atoms with E-state index in [4.69, 9.17) is 17.3 Å². The molecule has 0 radical (unpaired) electrons. The smallest absolute Gasteiger partial charge is 0.267 e. The van der Waals surface area contributed by atoms with Crippen molar-refractivity contribution in [1.82, 2.24) is 9.88 Å². The van der Waals surface area contributed by atoms with Gasteiger partial charge in [0.15, 0.2) is 5.15 Å². The molecule has 4 nitrogen and oxygen atoms in total. The van der Waals surface area contributed by atoms with Crippen molar-refractivity contribution in [2.45, 2.75) is 38.3 Å². The number of carbonyl (C=O) groups excluding carboxylic acids is 1. The van der Waals surface area contributed by atoms with E-state index in [1.807, 2.05) is 11.8 Å². The monoisotopic (exact) mass is 273 g/mol. The van der Waals surface area contributed by atoms with Gasteiger partial charge in [-0.25, -0.2) is 4.98 Å². The molecule has 1 aliphatic heterocycles. The van der Waals surface area contributed by atoms with Crippen molar-refractivity contribution in [3.05, 3.63) is 15.5 Å². The van der Waals surface area contributed by atoms with Crippen LogP contribution in [0.4, 0.5) is 0 Å². The Balaban J connectivity index is 2.20. The molecule has 0 spiro atoms. The number of hydrogen-bond acceptors (Lipinski definition) is 4. The summed E-state index contributed by atoms with van der Waals surface area (Å²) in [5.74, 6) is -0.0282. The highest BCUT2D eigenvalue weighted by molar-refractivity contribution is 7.12. The number of carbonyl (C=O) groups is 1. The van der Waals surface area contributed by atoms with Crippen molar-refractivity contribution in [1.29, 1.82) is 0 Å². The second kappa shape index (κ2) is 5.33. The molecule has 0 unspecified atom stereocenters. The highest BCUT2D eigenvalue weighted by Gasteiger charge is 2.31. The SMILES string of the molecule is C[C@@H](N)[C@H]1CCCCN1C(=O)c1scnc1Cl. The van der Waals surface area contributed by atoms with Crippen LogP contribution in [-0.2, 0) is 0 Å². The molecule has 17 heavy (non-hydrogen) atoms. The Kier molecular flexibility index (Phi) is 4.01. The predicted molar refractivity (Wildman–Crippen MR) is 69.4 cm³/mol. The normalized spacial score (nSPS) is 22.5. The van der Waals surface area contributed by atoms with Crippen molar-refractivity contribution in [3.8, 4) is 0 Å². The lowest BCUT2D eigenvalue weighted by Gasteiger charge is -2.37. The van der Waals surface area contributed by atoms with Crippen molar-refractivity contribution in [3.63, 3.8) is 0 Å². The van der Waals surface area contributed by atoms with E-state index in [2.05, 4.69) is 4.98 Å². The number of likely N-dealkylation sites (tertiary alicyclic amines) is 1. The molecule has 0 saturated carbocycles. The van der Waals surface area contributed by atoms with Crippen molar-refractivity contribution in [2.75, 3.05) is 6.54 Å². The summed E-state index contributed by atoms with van der Waals surface area (Å²) in [6.45, 7) is 2.71. The van der Waals surface area contributed by atoms with Gasteiger partial charge in [-0.2, -0.15) is 0 Å². The van der Waals surface area contributed by atoms with E-state index >= 15 is 0 Å². The first kappa shape index (κ1) is 12.8. The minimum absolute atomic E-state index is 0.00838. The van der Waals surface area contributed by atoms with Crippen LogP contribution in [0.2, 0.25) is 5.15 Å². The van der Waals surface area contributed by atoms with E-state index in [-0.39, 0.29) is 18.0 Å². The van der Waals surface area contributed by atoms with Crippen molar-refractivity contribution >= 4 is 28.8 Å². The third-order valence-corrected chi connectivity index (χ3v) is 4.35. The molecule has 2 rings (SSSR count). The molecule has 1 fully saturated rings. The second-order valence-electron chi connectivity index (χ2n) is 4.39. The average molecular weight is 274 g/mol. The number of amides is 1. The summed E-state index contributed by atoms with van der Waals surface area (Å²) in [5.41, 5.74) is 7.55. The summed E-state index contributed by atoms with van der Waals surface area (Å²) in [6, 6.07) is 0.111. The largest absolute Gasteiger partial charge is 0.333 e. The van der Waals surface area contributed by atoms with Gasteiger partial charge >= 0.3 is 0 Å². The Morgan fingerprint density at radius 2 is 2.47 bits per heavy atom. The van der Waals surface area contributed by atoms with Crippen LogP contribution in [0.25, 0.3) is 0 Å². The standard InChI is InChI=1S/C11H16ClN3OS/c1-7(13)8-4-2-3-5-15(8)11(16)9-10(12)14-6-17-9/h6-8H,2-5,13H2,1H3/t7-,8-/m1/s1. The van der Waals surface area contributed by atoms with E-state index in [0.717, 1.165) is 25.8 Å². The van der Waals surface area contributed by atoms with Gasteiger partial charge in [-0.1, -0.05) is 11.6 Å². The Bertz CT molecular complexity index is 407. The van der Waals surface area contributed by atoms with Crippen LogP contribution in [0.3, 0.4) is 0 Å². The summed E-state index contributed by atoms with van der Waals surface area (Å²) >= 11 is 7.19. The van der Waals surface area contributed by atoms with Crippen LogP contribution in [0.1, 0.15) is 35.9 Å². The third-order valence-electron chi connectivity index (χ3n) is 3.14. The molecule has 2 atom stereocenters. The fraction of sp³-hybridized carbons (Fsp3) is 0.636. The third kappa shape index (κ3) is 2.61. The summed E-state index contributed by atoms with van der Waals surface area (Å²) in [4.78, 5) is 18.6. The summed E-state index contributed by atoms with van der Waals surface area (Å²) < 4.78 is 0. The van der Waals surface area contributed by atoms with Gasteiger partial charge in [-0.3, -0.25) is 4.79 Å². The number of nitrogens with zero attached hydrogens (tertiary/aromatic N) is 2. The van der Waals surface area contributed by atoms with Gasteiger partial charge in [-0.05, 0) is 26.2 Å². The highest BCUT2D eigenvalue weighted by atomic mass is 35.5. The second-order valence-corrected chi connectivity index (χ2v) is 5.61. The van der Waals surface area contributed by atoms with E-state index in [9.17, 15) is 4.79 Å². The molecule has 94 valence electrons. The molecule has 2 N–H and O–H groups in total. The van der Waals surface area contributed by atoms with Gasteiger partial charge in [0.1, 0.15) is 4.88 Å². The van der Waals surface area contributed by atoms with Crippen molar-refractivity contribution < 1.29 is 4.79 Å². The lowest BCUT2D eigenvalue weighted by molar-refractivity contribution is 0.0589. The first-order valence-electron chi connectivity index (χ1n) is 5.77. The summed E-state index contributed by atoms with van der Waals surface area (Å²) in [5, 5.41) is 0.300. The minimum atomic E-state index is -0.0282. The number of rotatable bonds is 2. The zero-order chi connectivity index (χ0) is 12.4. The Hall–Kier alpha value is -0.650. The summed E-state index contributed by atoms with van der Waals surface area (Å²) in [6.07, 6.45) is 3.14. The molecule has 1 aliphatic rings. The molecule has 0 aromatic carbocycles. The molecule has 0 aliphatic carbocycles. The molecule has 0 bridgehead atoms. The van der Waals surface area contributed by atoms with Crippen LogP contribution in [0, 0.1) is 0 Å². The summed E-state index contributed by atoms with van der Waals surface area (Å²) in [7, 11) is 0. The van der Waals surface area contributed by atoms with Gasteiger partial charge in [0.2, 0.25) is 0 Å². The van der Waals surface area contributed by atoms with Crippen LogP contribution in [0.5, 0.6) is 0 Å². The molecule has 1 amide bonds. The van der Waals surface area contributed by atoms with Gasteiger partial charge in [0, 0.05) is 18.6 Å². The maximum Gasteiger partial charge on any atom is 0.267 e. The molecule has 1 saturated heterocycles. The number of halogens is 1. The first-order valence-corrected chi connectivity index (χ1v) is 7.02. The van der Waals surface area contributed by atoms with Gasteiger partial charge < -0.3 is 10.6 Å². The van der Waals surface area contributed by atoms with Gasteiger partial charge in [-0.15, -0.1) is 11.3 Å². The first-order chi connectivity index (χ1) is 8.11. The number of piperidine rings is 1. The van der Waals surface area contributed by atoms with E-state index in [0.29, 0.717) is 10.0 Å². The van der Waals surface area contributed by atoms with Crippen LogP contribution < -0.4 is 5.73 Å². The number of hydrogen-bond donors (Lipinski definition) is 1. The quantitative estimate of drug-likeness (QED) is 0.898. The topological polar surface area (TPSA) is 59.2 Å². The minimum Gasteiger partial charge on any atom is -0.333 e. The molecule has 1 aromatic heterocycles.